The van der Waals surface area contributed by atoms with Crippen molar-refractivity contribution in [2.75, 3.05) is 13.7 Å². The van der Waals surface area contributed by atoms with E-state index in [1.807, 2.05) is 42.5 Å². The number of rotatable bonds is 7. The van der Waals surface area contributed by atoms with Crippen LogP contribution in [0.15, 0.2) is 54.6 Å². The Bertz CT molecular complexity index is 816. The molecule has 0 unspecified atom stereocenters. The Hall–Kier alpha value is -3.35. The molecule has 25 heavy (non-hydrogen) atoms. The standard InChI is InChI=1S/C18H18N4O3/c1-24-14-9-7-13(8-10-14)18-20-16(21-22-18)11-19-17(23)12-25-15-5-3-2-4-6-15/h2-10H,11-12H2,1H3,(H,19,23)(H,20,21,22). The van der Waals surface area contributed by atoms with Gasteiger partial charge in [0.05, 0.1) is 13.7 Å². The highest BCUT2D eigenvalue weighted by Crippen LogP contribution is 2.18. The van der Waals surface area contributed by atoms with Crippen molar-refractivity contribution in [3.8, 4) is 22.9 Å². The number of nitrogens with one attached hydrogen (secondary N) is 2. The number of amides is 1. The van der Waals surface area contributed by atoms with Gasteiger partial charge in [-0.25, -0.2) is 4.98 Å². The van der Waals surface area contributed by atoms with Crippen LogP contribution in [0, 0.1) is 0 Å². The zero-order valence-electron chi connectivity index (χ0n) is 13.7. The van der Waals surface area contributed by atoms with Crippen molar-refractivity contribution in [3.05, 3.63) is 60.4 Å². The lowest BCUT2D eigenvalue weighted by Crippen LogP contribution is -2.28. The summed E-state index contributed by atoms with van der Waals surface area (Å²) in [6, 6.07) is 16.6. The number of hydrogen-bond acceptors (Lipinski definition) is 5. The van der Waals surface area contributed by atoms with Crippen molar-refractivity contribution in [1.82, 2.24) is 20.5 Å². The molecule has 0 bridgehead atoms. The van der Waals surface area contributed by atoms with Crippen LogP contribution in [0.3, 0.4) is 0 Å². The average Bonchev–Trinajstić information content (AvgIpc) is 3.14. The van der Waals surface area contributed by atoms with Crippen LogP contribution >= 0.6 is 0 Å². The molecule has 1 aromatic heterocycles. The maximum atomic E-state index is 11.8. The molecule has 0 saturated heterocycles. The fourth-order valence-corrected chi connectivity index (χ4v) is 2.14. The van der Waals surface area contributed by atoms with Gasteiger partial charge in [-0.15, -0.1) is 0 Å². The molecule has 0 atom stereocenters. The van der Waals surface area contributed by atoms with Gasteiger partial charge in [0.25, 0.3) is 5.91 Å². The Kier molecular flexibility index (Phi) is 5.26. The average molecular weight is 338 g/mol. The number of nitrogens with zero attached hydrogens (tertiary/aromatic N) is 2. The van der Waals surface area contributed by atoms with Gasteiger partial charge >= 0.3 is 0 Å². The molecular weight excluding hydrogens is 320 g/mol. The van der Waals surface area contributed by atoms with Crippen LogP contribution < -0.4 is 14.8 Å². The van der Waals surface area contributed by atoms with Gasteiger partial charge in [0, 0.05) is 5.56 Å². The summed E-state index contributed by atoms with van der Waals surface area (Å²) in [6.45, 7) is 0.198. The summed E-state index contributed by atoms with van der Waals surface area (Å²) in [6.07, 6.45) is 0. The first-order valence-corrected chi connectivity index (χ1v) is 7.75. The summed E-state index contributed by atoms with van der Waals surface area (Å²) >= 11 is 0. The molecule has 3 rings (SSSR count). The van der Waals surface area contributed by atoms with Gasteiger partial charge in [0.15, 0.2) is 12.4 Å². The van der Waals surface area contributed by atoms with Crippen LogP contribution in [0.5, 0.6) is 11.5 Å². The second-order valence-corrected chi connectivity index (χ2v) is 5.21. The molecule has 0 spiro atoms. The van der Waals surface area contributed by atoms with Crippen LogP contribution in [0.4, 0.5) is 0 Å². The maximum absolute atomic E-state index is 11.8. The molecule has 128 valence electrons. The van der Waals surface area contributed by atoms with Gasteiger partial charge < -0.3 is 14.8 Å². The minimum Gasteiger partial charge on any atom is -0.497 e. The lowest BCUT2D eigenvalue weighted by atomic mass is 10.2. The molecule has 1 amide bonds. The molecule has 3 aromatic rings. The van der Waals surface area contributed by atoms with Crippen LogP contribution in [0.1, 0.15) is 5.82 Å². The van der Waals surface area contributed by atoms with Crippen molar-refractivity contribution in [2.45, 2.75) is 6.54 Å². The third-order valence-corrected chi connectivity index (χ3v) is 3.45. The number of hydrogen-bond donors (Lipinski definition) is 2. The SMILES string of the molecule is COc1ccc(-c2n[nH]c(CNC(=O)COc3ccccc3)n2)cc1. The summed E-state index contributed by atoms with van der Waals surface area (Å²) in [4.78, 5) is 16.2. The fourth-order valence-electron chi connectivity index (χ4n) is 2.14. The van der Waals surface area contributed by atoms with Crippen molar-refractivity contribution in [3.63, 3.8) is 0 Å². The van der Waals surface area contributed by atoms with E-state index in [0.29, 0.717) is 17.4 Å². The molecule has 7 nitrogen and oxygen atoms in total. The van der Waals surface area contributed by atoms with Gasteiger partial charge in [-0.1, -0.05) is 18.2 Å². The zero-order chi connectivity index (χ0) is 17.5. The van der Waals surface area contributed by atoms with Gasteiger partial charge in [0.1, 0.15) is 17.3 Å². The first-order chi connectivity index (χ1) is 12.2. The number of carbonyl (C=O) groups excluding carboxylic acids is 1. The van der Waals surface area contributed by atoms with E-state index in [4.69, 9.17) is 9.47 Å². The molecule has 0 saturated carbocycles. The van der Waals surface area contributed by atoms with Gasteiger partial charge in [0.2, 0.25) is 0 Å². The number of para-hydroxylation sites is 1. The number of ether oxygens (including phenoxy) is 2. The van der Waals surface area contributed by atoms with Crippen molar-refractivity contribution < 1.29 is 14.3 Å². The van der Waals surface area contributed by atoms with E-state index in [1.54, 1.807) is 19.2 Å². The molecule has 7 heteroatoms. The van der Waals surface area contributed by atoms with Crippen LogP contribution in [-0.2, 0) is 11.3 Å². The maximum Gasteiger partial charge on any atom is 0.258 e. The van der Waals surface area contributed by atoms with E-state index in [0.717, 1.165) is 11.3 Å². The van der Waals surface area contributed by atoms with Crippen molar-refractivity contribution >= 4 is 5.91 Å². The molecule has 2 aromatic carbocycles. The minimum atomic E-state index is -0.230. The molecule has 1 heterocycles. The Labute approximate surface area is 145 Å². The number of H-pyrrole nitrogens is 1. The molecule has 0 aliphatic rings. The van der Waals surface area contributed by atoms with Crippen LogP contribution in [0.25, 0.3) is 11.4 Å². The van der Waals surface area contributed by atoms with E-state index in [2.05, 4.69) is 20.5 Å². The highest BCUT2D eigenvalue weighted by atomic mass is 16.5. The lowest BCUT2D eigenvalue weighted by molar-refractivity contribution is -0.123. The van der Waals surface area contributed by atoms with Gasteiger partial charge in [-0.2, -0.15) is 5.10 Å². The van der Waals surface area contributed by atoms with Gasteiger partial charge in [-0.05, 0) is 36.4 Å². The predicted molar refractivity (Wildman–Crippen MR) is 92.2 cm³/mol. The Balaban J connectivity index is 1.50. The molecule has 2 N–H and O–H groups in total. The Morgan fingerprint density at radius 1 is 1.08 bits per heavy atom. The molecular formula is C18H18N4O3. The quantitative estimate of drug-likeness (QED) is 0.689. The third kappa shape index (κ3) is 4.57. The summed E-state index contributed by atoms with van der Waals surface area (Å²) in [7, 11) is 1.62. The molecule has 0 aliphatic heterocycles. The molecule has 0 radical (unpaired) electrons. The highest BCUT2D eigenvalue weighted by Gasteiger charge is 2.08. The molecule has 0 aliphatic carbocycles. The van der Waals surface area contributed by atoms with E-state index in [-0.39, 0.29) is 19.1 Å². The summed E-state index contributed by atoms with van der Waals surface area (Å²) in [5.41, 5.74) is 0.863. The van der Waals surface area contributed by atoms with Gasteiger partial charge in [-0.3, -0.25) is 9.89 Å². The zero-order valence-corrected chi connectivity index (χ0v) is 13.7. The van der Waals surface area contributed by atoms with Crippen molar-refractivity contribution in [2.24, 2.45) is 0 Å². The monoisotopic (exact) mass is 338 g/mol. The number of carbonyl (C=O) groups is 1. The van der Waals surface area contributed by atoms with E-state index < -0.39 is 0 Å². The highest BCUT2D eigenvalue weighted by molar-refractivity contribution is 5.77. The van der Waals surface area contributed by atoms with Crippen LogP contribution in [0.2, 0.25) is 0 Å². The summed E-state index contributed by atoms with van der Waals surface area (Å²) in [5.74, 6) is 2.32. The molecule has 0 fully saturated rings. The first-order valence-electron chi connectivity index (χ1n) is 7.75. The number of benzene rings is 2. The van der Waals surface area contributed by atoms with Crippen LogP contribution in [-0.4, -0.2) is 34.8 Å². The minimum absolute atomic E-state index is 0.0521. The largest absolute Gasteiger partial charge is 0.497 e. The fraction of sp³-hybridized carbons (Fsp3) is 0.167. The number of methoxy groups -OCH3 is 1. The van der Waals surface area contributed by atoms with E-state index in [1.165, 1.54) is 0 Å². The Morgan fingerprint density at radius 2 is 1.84 bits per heavy atom. The topological polar surface area (TPSA) is 89.1 Å². The third-order valence-electron chi connectivity index (χ3n) is 3.45. The lowest BCUT2D eigenvalue weighted by Gasteiger charge is -2.05. The second kappa shape index (κ2) is 7.96. The second-order valence-electron chi connectivity index (χ2n) is 5.21. The van der Waals surface area contributed by atoms with Crippen molar-refractivity contribution in [1.29, 1.82) is 0 Å². The smallest absolute Gasteiger partial charge is 0.258 e. The normalized spacial score (nSPS) is 10.3. The number of aromatic nitrogens is 3. The number of aromatic amines is 1. The van der Waals surface area contributed by atoms with E-state index in [9.17, 15) is 4.79 Å². The Morgan fingerprint density at radius 3 is 2.56 bits per heavy atom. The van der Waals surface area contributed by atoms with E-state index >= 15 is 0 Å². The summed E-state index contributed by atoms with van der Waals surface area (Å²) in [5, 5.41) is 9.70. The first kappa shape index (κ1) is 16.5. The predicted octanol–water partition coefficient (Wildman–Crippen LogP) is 2.18. The summed E-state index contributed by atoms with van der Waals surface area (Å²) < 4.78 is 10.5.